The highest BCUT2D eigenvalue weighted by Crippen LogP contribution is 2.38. The highest BCUT2D eigenvalue weighted by atomic mass is 35.5. The van der Waals surface area contributed by atoms with E-state index in [0.717, 1.165) is 24.3 Å². The summed E-state index contributed by atoms with van der Waals surface area (Å²) in [5.74, 6) is -0.532. The molecular formula is C22H25ClO3. The van der Waals surface area contributed by atoms with Crippen LogP contribution in [0.3, 0.4) is 0 Å². The standard InChI is InChI=1S/C22H25ClO3/c1-14-4-5-16(11-17(14)10-15-6-8-18(23)9-7-15)12-19-13-20-21(24-19)26-22(2,3)25-20/h4-9,11,19-21H,10,12-13H2,1-3H3. The Hall–Kier alpha value is -1.39. The molecule has 2 aromatic rings. The van der Waals surface area contributed by atoms with Crippen molar-refractivity contribution in [2.45, 2.75) is 64.3 Å². The number of hydrogen-bond acceptors (Lipinski definition) is 3. The summed E-state index contributed by atoms with van der Waals surface area (Å²) in [5.41, 5.74) is 5.21. The fourth-order valence-electron chi connectivity index (χ4n) is 3.84. The lowest BCUT2D eigenvalue weighted by Crippen LogP contribution is -2.25. The molecule has 0 saturated carbocycles. The van der Waals surface area contributed by atoms with E-state index < -0.39 is 5.79 Å². The van der Waals surface area contributed by atoms with Gasteiger partial charge in [-0.1, -0.05) is 41.9 Å². The van der Waals surface area contributed by atoms with Crippen molar-refractivity contribution >= 4 is 11.6 Å². The summed E-state index contributed by atoms with van der Waals surface area (Å²) in [7, 11) is 0. The molecule has 2 aliphatic heterocycles. The van der Waals surface area contributed by atoms with Crippen LogP contribution < -0.4 is 0 Å². The van der Waals surface area contributed by atoms with Gasteiger partial charge in [-0.2, -0.15) is 0 Å². The molecule has 2 heterocycles. The predicted molar refractivity (Wildman–Crippen MR) is 102 cm³/mol. The van der Waals surface area contributed by atoms with Crippen molar-refractivity contribution in [1.82, 2.24) is 0 Å². The molecule has 3 atom stereocenters. The van der Waals surface area contributed by atoms with Crippen LogP contribution in [0, 0.1) is 6.92 Å². The SMILES string of the molecule is Cc1ccc(CC2CC3OC(C)(C)OC3O2)cc1Cc1ccc(Cl)cc1. The Morgan fingerprint density at radius 1 is 1.04 bits per heavy atom. The number of rotatable bonds is 4. The fraction of sp³-hybridized carbons (Fsp3) is 0.455. The van der Waals surface area contributed by atoms with Crippen LogP contribution in [-0.4, -0.2) is 24.3 Å². The van der Waals surface area contributed by atoms with Gasteiger partial charge in [0.15, 0.2) is 12.1 Å². The Morgan fingerprint density at radius 3 is 2.50 bits per heavy atom. The van der Waals surface area contributed by atoms with Gasteiger partial charge in [0.05, 0.1) is 6.10 Å². The van der Waals surface area contributed by atoms with E-state index in [2.05, 4.69) is 37.3 Å². The second-order valence-electron chi connectivity index (χ2n) is 7.80. The van der Waals surface area contributed by atoms with Crippen molar-refractivity contribution < 1.29 is 14.2 Å². The Labute approximate surface area is 160 Å². The van der Waals surface area contributed by atoms with E-state index in [4.69, 9.17) is 25.8 Å². The van der Waals surface area contributed by atoms with E-state index in [9.17, 15) is 0 Å². The third-order valence-corrected chi connectivity index (χ3v) is 5.40. The van der Waals surface area contributed by atoms with Crippen LogP contribution in [0.5, 0.6) is 0 Å². The number of benzene rings is 2. The van der Waals surface area contributed by atoms with Crippen LogP contribution in [0.15, 0.2) is 42.5 Å². The first kappa shape index (κ1) is 18.0. The summed E-state index contributed by atoms with van der Waals surface area (Å²) in [5, 5.41) is 0.774. The van der Waals surface area contributed by atoms with Crippen LogP contribution in [-0.2, 0) is 27.1 Å². The molecule has 4 rings (SSSR count). The average molecular weight is 373 g/mol. The van der Waals surface area contributed by atoms with Crippen LogP contribution in [0.1, 0.15) is 42.5 Å². The lowest BCUT2D eigenvalue weighted by molar-refractivity contribution is -0.204. The lowest BCUT2D eigenvalue weighted by atomic mass is 9.96. The number of ether oxygens (including phenoxy) is 3. The Morgan fingerprint density at radius 2 is 1.77 bits per heavy atom. The molecule has 0 aliphatic carbocycles. The van der Waals surface area contributed by atoms with Gasteiger partial charge in [0.25, 0.3) is 0 Å². The average Bonchev–Trinajstić information content (AvgIpc) is 3.05. The zero-order valence-electron chi connectivity index (χ0n) is 15.5. The second kappa shape index (κ2) is 6.97. The molecule has 3 nitrogen and oxygen atoms in total. The maximum absolute atomic E-state index is 6.06. The Balaban J connectivity index is 1.43. The number of aryl methyl sites for hydroxylation is 1. The molecular weight excluding hydrogens is 348 g/mol. The van der Waals surface area contributed by atoms with Crippen molar-refractivity contribution in [2.24, 2.45) is 0 Å². The van der Waals surface area contributed by atoms with Crippen LogP contribution in [0.4, 0.5) is 0 Å². The van der Waals surface area contributed by atoms with Gasteiger partial charge in [0.1, 0.15) is 6.10 Å². The minimum atomic E-state index is -0.532. The molecule has 2 aromatic carbocycles. The Bertz CT molecular complexity index is 768. The van der Waals surface area contributed by atoms with Gasteiger partial charge in [-0.15, -0.1) is 0 Å². The number of hydrogen-bond donors (Lipinski definition) is 0. The molecule has 2 saturated heterocycles. The molecule has 0 aromatic heterocycles. The maximum atomic E-state index is 6.06. The summed E-state index contributed by atoms with van der Waals surface area (Å²) in [6.07, 6.45) is 2.64. The first-order valence-corrected chi connectivity index (χ1v) is 9.60. The van der Waals surface area contributed by atoms with Crippen molar-refractivity contribution in [3.63, 3.8) is 0 Å². The smallest absolute Gasteiger partial charge is 0.187 e. The van der Waals surface area contributed by atoms with E-state index in [0.29, 0.717) is 0 Å². The summed E-state index contributed by atoms with van der Waals surface area (Å²) < 4.78 is 17.8. The second-order valence-corrected chi connectivity index (χ2v) is 8.24. The zero-order chi connectivity index (χ0) is 18.3. The molecule has 0 bridgehead atoms. The molecule has 26 heavy (non-hydrogen) atoms. The molecule has 138 valence electrons. The highest BCUT2D eigenvalue weighted by molar-refractivity contribution is 6.30. The van der Waals surface area contributed by atoms with E-state index in [-0.39, 0.29) is 18.5 Å². The van der Waals surface area contributed by atoms with Gasteiger partial charge >= 0.3 is 0 Å². The Kier molecular flexibility index (Phi) is 4.83. The normalized spacial score (nSPS) is 26.8. The van der Waals surface area contributed by atoms with Gasteiger partial charge in [-0.3, -0.25) is 0 Å². The number of halogens is 1. The van der Waals surface area contributed by atoms with E-state index >= 15 is 0 Å². The maximum Gasteiger partial charge on any atom is 0.187 e. The minimum absolute atomic E-state index is 0.0500. The molecule has 0 spiro atoms. The summed E-state index contributed by atoms with van der Waals surface area (Å²) >= 11 is 5.99. The highest BCUT2D eigenvalue weighted by Gasteiger charge is 2.48. The first-order valence-electron chi connectivity index (χ1n) is 9.22. The summed E-state index contributed by atoms with van der Waals surface area (Å²) in [6.45, 7) is 6.04. The van der Waals surface area contributed by atoms with E-state index in [1.165, 1.54) is 22.3 Å². The quantitative estimate of drug-likeness (QED) is 0.751. The number of fused-ring (bicyclic) bond motifs is 1. The molecule has 0 radical (unpaired) electrons. The third-order valence-electron chi connectivity index (χ3n) is 5.15. The van der Waals surface area contributed by atoms with Crippen molar-refractivity contribution in [1.29, 1.82) is 0 Å². The largest absolute Gasteiger partial charge is 0.346 e. The summed E-state index contributed by atoms with van der Waals surface area (Å²) in [6, 6.07) is 14.8. The van der Waals surface area contributed by atoms with E-state index in [1.54, 1.807) is 0 Å². The third kappa shape index (κ3) is 3.96. The van der Waals surface area contributed by atoms with E-state index in [1.807, 2.05) is 26.0 Å². The van der Waals surface area contributed by atoms with Gasteiger partial charge in [0.2, 0.25) is 0 Å². The van der Waals surface area contributed by atoms with Gasteiger partial charge in [-0.25, -0.2) is 0 Å². The molecule has 0 N–H and O–H groups in total. The van der Waals surface area contributed by atoms with Crippen LogP contribution >= 0.6 is 11.6 Å². The molecule has 2 fully saturated rings. The van der Waals surface area contributed by atoms with Gasteiger partial charge in [-0.05, 0) is 68.0 Å². The predicted octanol–water partition coefficient (Wildman–Crippen LogP) is 5.05. The lowest BCUT2D eigenvalue weighted by Gasteiger charge is -2.20. The molecule has 3 unspecified atom stereocenters. The summed E-state index contributed by atoms with van der Waals surface area (Å²) in [4.78, 5) is 0. The molecule has 2 aliphatic rings. The first-order chi connectivity index (χ1) is 12.4. The van der Waals surface area contributed by atoms with Crippen LogP contribution in [0.2, 0.25) is 5.02 Å². The molecule has 4 heteroatoms. The topological polar surface area (TPSA) is 27.7 Å². The van der Waals surface area contributed by atoms with Crippen molar-refractivity contribution in [3.05, 3.63) is 69.7 Å². The van der Waals surface area contributed by atoms with Crippen molar-refractivity contribution in [2.75, 3.05) is 0 Å². The fourth-order valence-corrected chi connectivity index (χ4v) is 3.97. The van der Waals surface area contributed by atoms with Crippen LogP contribution in [0.25, 0.3) is 0 Å². The van der Waals surface area contributed by atoms with Gasteiger partial charge < -0.3 is 14.2 Å². The molecule has 0 amide bonds. The monoisotopic (exact) mass is 372 g/mol. The minimum Gasteiger partial charge on any atom is -0.346 e. The van der Waals surface area contributed by atoms with Crippen molar-refractivity contribution in [3.8, 4) is 0 Å². The van der Waals surface area contributed by atoms with Gasteiger partial charge in [0, 0.05) is 11.4 Å². The zero-order valence-corrected chi connectivity index (χ0v) is 16.3.